The summed E-state index contributed by atoms with van der Waals surface area (Å²) >= 11 is 15.4. The number of rotatable bonds is 5. The van der Waals surface area contributed by atoms with Gasteiger partial charge in [-0.05, 0) is 54.4 Å². The summed E-state index contributed by atoms with van der Waals surface area (Å²) in [7, 11) is 0. The molecule has 0 spiro atoms. The average Bonchev–Trinajstić information content (AvgIpc) is 2.40. The zero-order valence-corrected chi connectivity index (χ0v) is 13.4. The van der Waals surface area contributed by atoms with E-state index in [2.05, 4.69) is 33.4 Å². The largest absolute Gasteiger partial charge is 0.312 e. The molecule has 0 aliphatic heterocycles. The van der Waals surface area contributed by atoms with Crippen LogP contribution in [0.3, 0.4) is 0 Å². The highest BCUT2D eigenvalue weighted by atomic mass is 79.9. The molecular formula is C15H14BrCl2N. The van der Waals surface area contributed by atoms with Gasteiger partial charge in [0.1, 0.15) is 0 Å². The lowest BCUT2D eigenvalue weighted by Crippen LogP contribution is -2.16. The van der Waals surface area contributed by atoms with Gasteiger partial charge in [-0.3, -0.25) is 0 Å². The van der Waals surface area contributed by atoms with Crippen LogP contribution < -0.4 is 5.32 Å². The Morgan fingerprint density at radius 3 is 2.47 bits per heavy atom. The molecule has 100 valence electrons. The smallest absolute Gasteiger partial charge is 0.0451 e. The molecule has 0 saturated heterocycles. The van der Waals surface area contributed by atoms with Gasteiger partial charge in [-0.15, -0.1) is 0 Å². The van der Waals surface area contributed by atoms with Gasteiger partial charge in [0.2, 0.25) is 0 Å². The summed E-state index contributed by atoms with van der Waals surface area (Å²) in [5.41, 5.74) is 2.38. The second-order valence-electron chi connectivity index (χ2n) is 4.29. The molecule has 0 aliphatic rings. The minimum Gasteiger partial charge on any atom is -0.312 e. The van der Waals surface area contributed by atoms with Gasteiger partial charge in [0, 0.05) is 21.1 Å². The van der Waals surface area contributed by atoms with Crippen molar-refractivity contribution < 1.29 is 0 Å². The topological polar surface area (TPSA) is 12.0 Å². The number of halogens is 3. The number of hydrogen-bond acceptors (Lipinski definition) is 1. The molecule has 0 amide bonds. The molecule has 0 saturated carbocycles. The van der Waals surface area contributed by atoms with Crippen LogP contribution in [0.5, 0.6) is 0 Å². The predicted molar refractivity (Wildman–Crippen MR) is 86.0 cm³/mol. The van der Waals surface area contributed by atoms with Crippen LogP contribution in [0.1, 0.15) is 11.1 Å². The average molecular weight is 359 g/mol. The van der Waals surface area contributed by atoms with E-state index in [1.807, 2.05) is 30.3 Å². The van der Waals surface area contributed by atoms with Gasteiger partial charge >= 0.3 is 0 Å². The van der Waals surface area contributed by atoms with Crippen molar-refractivity contribution in [3.63, 3.8) is 0 Å². The maximum atomic E-state index is 6.13. The molecule has 1 nitrogen and oxygen atoms in total. The second kappa shape index (κ2) is 7.30. The summed E-state index contributed by atoms with van der Waals surface area (Å²) in [6.45, 7) is 1.68. The van der Waals surface area contributed by atoms with E-state index in [0.717, 1.165) is 39.6 Å². The van der Waals surface area contributed by atoms with Crippen molar-refractivity contribution in [1.82, 2.24) is 5.32 Å². The van der Waals surface area contributed by atoms with Gasteiger partial charge in [0.15, 0.2) is 0 Å². The van der Waals surface area contributed by atoms with Gasteiger partial charge in [-0.25, -0.2) is 0 Å². The summed E-state index contributed by atoms with van der Waals surface area (Å²) in [6, 6.07) is 13.8. The van der Waals surface area contributed by atoms with Crippen LogP contribution in [0, 0.1) is 0 Å². The normalized spacial score (nSPS) is 10.7. The Balaban J connectivity index is 1.80. The molecule has 2 rings (SSSR count). The lowest BCUT2D eigenvalue weighted by Gasteiger charge is -2.07. The van der Waals surface area contributed by atoms with E-state index in [-0.39, 0.29) is 0 Å². The summed E-state index contributed by atoms with van der Waals surface area (Å²) in [6.07, 6.45) is 0.975. The molecule has 2 aromatic carbocycles. The fourth-order valence-electron chi connectivity index (χ4n) is 1.79. The molecule has 2 aromatic rings. The first-order valence-electron chi connectivity index (χ1n) is 6.04. The fraction of sp³-hybridized carbons (Fsp3) is 0.200. The van der Waals surface area contributed by atoms with Gasteiger partial charge in [-0.2, -0.15) is 0 Å². The first-order valence-corrected chi connectivity index (χ1v) is 7.59. The molecule has 0 bridgehead atoms. The van der Waals surface area contributed by atoms with Gasteiger partial charge in [0.25, 0.3) is 0 Å². The van der Waals surface area contributed by atoms with Crippen LogP contribution in [0.2, 0.25) is 10.0 Å². The summed E-state index contributed by atoms with van der Waals surface area (Å²) in [4.78, 5) is 0. The van der Waals surface area contributed by atoms with E-state index in [0.29, 0.717) is 0 Å². The SMILES string of the molecule is Clc1ccc(CCNCc2cc(Br)ccc2Cl)cc1. The third kappa shape index (κ3) is 4.81. The number of hydrogen-bond donors (Lipinski definition) is 1. The molecule has 0 radical (unpaired) electrons. The molecule has 0 atom stereocenters. The van der Waals surface area contributed by atoms with Crippen molar-refractivity contribution in [2.24, 2.45) is 0 Å². The zero-order chi connectivity index (χ0) is 13.7. The Kier molecular flexibility index (Phi) is 5.71. The molecule has 0 heterocycles. The Bertz CT molecular complexity index is 540. The van der Waals surface area contributed by atoms with Crippen molar-refractivity contribution in [2.45, 2.75) is 13.0 Å². The van der Waals surface area contributed by atoms with Crippen LogP contribution in [0.4, 0.5) is 0 Å². The Hall–Kier alpha value is -0.540. The summed E-state index contributed by atoms with van der Waals surface area (Å²) < 4.78 is 1.05. The van der Waals surface area contributed by atoms with Crippen LogP contribution >= 0.6 is 39.1 Å². The highest BCUT2D eigenvalue weighted by Crippen LogP contribution is 2.20. The van der Waals surface area contributed by atoms with E-state index >= 15 is 0 Å². The van der Waals surface area contributed by atoms with Crippen LogP contribution in [-0.2, 0) is 13.0 Å². The molecule has 1 N–H and O–H groups in total. The number of nitrogens with one attached hydrogen (secondary N) is 1. The van der Waals surface area contributed by atoms with Gasteiger partial charge in [0.05, 0.1) is 0 Å². The summed E-state index contributed by atoms with van der Waals surface area (Å²) in [5.74, 6) is 0. The van der Waals surface area contributed by atoms with Crippen molar-refractivity contribution in [3.05, 3.63) is 68.1 Å². The summed E-state index contributed by atoms with van der Waals surface area (Å²) in [5, 5.41) is 4.96. The van der Waals surface area contributed by atoms with Crippen molar-refractivity contribution in [1.29, 1.82) is 0 Å². The van der Waals surface area contributed by atoms with E-state index in [4.69, 9.17) is 23.2 Å². The van der Waals surface area contributed by atoms with Crippen LogP contribution in [0.25, 0.3) is 0 Å². The maximum Gasteiger partial charge on any atom is 0.0451 e. The molecule has 19 heavy (non-hydrogen) atoms. The van der Waals surface area contributed by atoms with E-state index in [1.54, 1.807) is 0 Å². The van der Waals surface area contributed by atoms with Crippen molar-refractivity contribution in [2.75, 3.05) is 6.54 Å². The molecular weight excluding hydrogens is 345 g/mol. The second-order valence-corrected chi connectivity index (χ2v) is 6.05. The minimum atomic E-state index is 0.770. The molecule has 0 unspecified atom stereocenters. The number of benzene rings is 2. The van der Waals surface area contributed by atoms with Gasteiger partial charge in [-0.1, -0.05) is 51.3 Å². The Morgan fingerprint density at radius 2 is 1.74 bits per heavy atom. The van der Waals surface area contributed by atoms with Crippen LogP contribution in [0.15, 0.2) is 46.9 Å². The third-order valence-corrected chi connectivity index (χ3v) is 3.94. The first kappa shape index (κ1) is 14.9. The molecule has 0 aromatic heterocycles. The van der Waals surface area contributed by atoms with Gasteiger partial charge < -0.3 is 5.32 Å². The lowest BCUT2D eigenvalue weighted by atomic mass is 10.1. The Morgan fingerprint density at radius 1 is 1.00 bits per heavy atom. The zero-order valence-electron chi connectivity index (χ0n) is 10.3. The lowest BCUT2D eigenvalue weighted by molar-refractivity contribution is 0.687. The first-order chi connectivity index (χ1) is 9.15. The molecule has 0 aliphatic carbocycles. The minimum absolute atomic E-state index is 0.770. The van der Waals surface area contributed by atoms with E-state index in [1.165, 1.54) is 5.56 Å². The highest BCUT2D eigenvalue weighted by Gasteiger charge is 2.01. The third-order valence-electron chi connectivity index (χ3n) is 2.83. The molecule has 0 fully saturated rings. The molecule has 4 heteroatoms. The van der Waals surface area contributed by atoms with E-state index in [9.17, 15) is 0 Å². The van der Waals surface area contributed by atoms with Crippen LogP contribution in [-0.4, -0.2) is 6.54 Å². The fourth-order valence-corrected chi connectivity index (χ4v) is 2.50. The predicted octanol–water partition coefficient (Wildman–Crippen LogP) is 5.09. The maximum absolute atomic E-state index is 6.13. The monoisotopic (exact) mass is 357 g/mol. The van der Waals surface area contributed by atoms with Crippen molar-refractivity contribution in [3.8, 4) is 0 Å². The quantitative estimate of drug-likeness (QED) is 0.734. The van der Waals surface area contributed by atoms with Crippen molar-refractivity contribution >= 4 is 39.1 Å². The standard InChI is InChI=1S/C15H14BrCl2N/c16-13-3-6-15(18)12(9-13)10-19-8-7-11-1-4-14(17)5-2-11/h1-6,9,19H,7-8,10H2. The highest BCUT2D eigenvalue weighted by molar-refractivity contribution is 9.10. The van der Waals surface area contributed by atoms with E-state index < -0.39 is 0 Å². The Labute approximate surface area is 132 Å².